The van der Waals surface area contributed by atoms with Crippen LogP contribution in [0.25, 0.3) is 0 Å². The van der Waals surface area contributed by atoms with Crippen molar-refractivity contribution in [3.8, 4) is 57.5 Å². The zero-order valence-electron chi connectivity index (χ0n) is 25.3. The number of aromatic hydroxyl groups is 8. The molecule has 2 heterocycles. The number of esters is 2. The Bertz CT molecular complexity index is 1950. The van der Waals surface area contributed by atoms with E-state index < -0.39 is 88.3 Å². The summed E-state index contributed by atoms with van der Waals surface area (Å²) in [4.78, 5) is 24.7. The molecule has 14 heteroatoms. The Morgan fingerprint density at radius 3 is 1.79 bits per heavy atom. The third-order valence-electron chi connectivity index (χ3n) is 8.25. The number of carbonyl (C=O) groups excluding carboxylic acids is 2. The van der Waals surface area contributed by atoms with E-state index in [4.69, 9.17) is 18.9 Å². The Balaban J connectivity index is 1.62. The Morgan fingerprint density at radius 2 is 1.21 bits per heavy atom. The Kier molecular flexibility index (Phi) is 7.87. The van der Waals surface area contributed by atoms with Crippen molar-refractivity contribution >= 4 is 11.9 Å². The molecule has 0 bridgehead atoms. The molecule has 8 N–H and O–H groups in total. The van der Waals surface area contributed by atoms with Gasteiger partial charge in [-0.15, -0.1) is 0 Å². The fraction of sp³-hybridized carbons (Fsp3) is 0.235. The standard InChI is InChI=1S/C34H30O14/c1-13(35)45-27-11-18-21(40)12-25(44)29(33(18)48-31(27)15-3-5-19(38)22(41)7-15)30-28-24(43)9-17(37)10-26(28)47-32(34(30)46-14(2)36)16-4-6-20(39)23(42)8-16/h3-10,12,27,30-32,34,37-44H,11H2,1-2H3/t27-,30-,31+,32+,34-/m0/s1. The third-order valence-corrected chi connectivity index (χ3v) is 8.25. The van der Waals surface area contributed by atoms with Crippen LogP contribution in [0.3, 0.4) is 0 Å². The summed E-state index contributed by atoms with van der Waals surface area (Å²) in [5.74, 6) is -6.92. The summed E-state index contributed by atoms with van der Waals surface area (Å²) in [6.45, 7) is 2.29. The van der Waals surface area contributed by atoms with Gasteiger partial charge in [-0.2, -0.15) is 0 Å². The number of carbonyl (C=O) groups is 2. The molecule has 0 fully saturated rings. The SMILES string of the molecule is CC(=O)O[C@H]1[C@H](c2c(O)cc(O)c3c2O[C@H](c2ccc(O)c(O)c2)[C@@H](OC(C)=O)C3)c2c(O)cc(O)cc2O[C@@H]1c1ccc(O)c(O)c1. The minimum Gasteiger partial charge on any atom is -0.508 e. The number of hydrogen-bond donors (Lipinski definition) is 8. The predicted octanol–water partition coefficient (Wildman–Crippen LogP) is 4.14. The van der Waals surface area contributed by atoms with Crippen LogP contribution in [-0.4, -0.2) is 65.0 Å². The minimum absolute atomic E-state index is 0.0500. The average molecular weight is 663 g/mol. The highest BCUT2D eigenvalue weighted by Gasteiger charge is 2.49. The lowest BCUT2D eigenvalue weighted by Crippen LogP contribution is -2.39. The van der Waals surface area contributed by atoms with Gasteiger partial charge in [-0.1, -0.05) is 12.1 Å². The lowest BCUT2D eigenvalue weighted by Gasteiger charge is -2.42. The number of rotatable bonds is 5. The summed E-state index contributed by atoms with van der Waals surface area (Å²) < 4.78 is 23.9. The number of hydrogen-bond acceptors (Lipinski definition) is 14. The predicted molar refractivity (Wildman–Crippen MR) is 162 cm³/mol. The summed E-state index contributed by atoms with van der Waals surface area (Å²) in [6, 6.07) is 10.7. The molecule has 4 aromatic carbocycles. The quantitative estimate of drug-likeness (QED) is 0.111. The second kappa shape index (κ2) is 11.9. The summed E-state index contributed by atoms with van der Waals surface area (Å²) in [6.07, 6.45) is -5.15. The second-order valence-corrected chi connectivity index (χ2v) is 11.5. The first-order chi connectivity index (χ1) is 22.7. The van der Waals surface area contributed by atoms with E-state index in [0.717, 1.165) is 19.1 Å². The van der Waals surface area contributed by atoms with Gasteiger partial charge < -0.3 is 59.8 Å². The van der Waals surface area contributed by atoms with Gasteiger partial charge in [-0.3, -0.25) is 9.59 Å². The highest BCUT2D eigenvalue weighted by atomic mass is 16.6. The van der Waals surface area contributed by atoms with Crippen molar-refractivity contribution in [3.05, 3.63) is 82.4 Å². The molecule has 0 amide bonds. The highest BCUT2D eigenvalue weighted by Crippen LogP contribution is 2.58. The summed E-state index contributed by atoms with van der Waals surface area (Å²) in [5.41, 5.74) is 0.341. The van der Waals surface area contributed by atoms with E-state index in [1.165, 1.54) is 49.4 Å². The fourth-order valence-corrected chi connectivity index (χ4v) is 6.31. The summed E-state index contributed by atoms with van der Waals surface area (Å²) >= 11 is 0. The van der Waals surface area contributed by atoms with Crippen molar-refractivity contribution in [2.45, 2.75) is 50.6 Å². The molecule has 6 rings (SSSR count). The smallest absolute Gasteiger partial charge is 0.303 e. The molecule has 5 atom stereocenters. The molecule has 0 saturated heterocycles. The minimum atomic E-state index is -1.43. The number of ether oxygens (including phenoxy) is 4. The molecule has 0 aromatic heterocycles. The molecule has 14 nitrogen and oxygen atoms in total. The number of benzene rings is 4. The Labute approximate surface area is 271 Å². The molecular weight excluding hydrogens is 632 g/mol. The Hall–Kier alpha value is -6.18. The van der Waals surface area contributed by atoms with E-state index in [0.29, 0.717) is 0 Å². The maximum absolute atomic E-state index is 12.6. The third kappa shape index (κ3) is 5.57. The molecular formula is C34H30O14. The van der Waals surface area contributed by atoms with Crippen LogP contribution in [0.4, 0.5) is 0 Å². The first-order valence-corrected chi connectivity index (χ1v) is 14.6. The topological polar surface area (TPSA) is 233 Å². The van der Waals surface area contributed by atoms with Crippen LogP contribution >= 0.6 is 0 Å². The average Bonchev–Trinajstić information content (AvgIpc) is 3.00. The largest absolute Gasteiger partial charge is 0.508 e. The first kappa shape index (κ1) is 31.8. The lowest BCUT2D eigenvalue weighted by atomic mass is 9.77. The van der Waals surface area contributed by atoms with E-state index in [2.05, 4.69) is 0 Å². The van der Waals surface area contributed by atoms with Crippen LogP contribution in [0.5, 0.6) is 57.5 Å². The molecule has 48 heavy (non-hydrogen) atoms. The number of phenols is 8. The van der Waals surface area contributed by atoms with Crippen molar-refractivity contribution in [1.29, 1.82) is 0 Å². The molecule has 0 aliphatic carbocycles. The van der Waals surface area contributed by atoms with E-state index >= 15 is 0 Å². The highest BCUT2D eigenvalue weighted by molar-refractivity contribution is 5.70. The lowest BCUT2D eigenvalue weighted by molar-refractivity contribution is -0.154. The molecule has 250 valence electrons. The molecule has 0 radical (unpaired) electrons. The number of fused-ring (bicyclic) bond motifs is 2. The zero-order chi connectivity index (χ0) is 34.6. The molecule has 0 saturated carbocycles. The van der Waals surface area contributed by atoms with Crippen LogP contribution in [0, 0.1) is 0 Å². The van der Waals surface area contributed by atoms with Crippen LogP contribution < -0.4 is 9.47 Å². The van der Waals surface area contributed by atoms with Crippen molar-refractivity contribution in [2.75, 3.05) is 0 Å². The van der Waals surface area contributed by atoms with Gasteiger partial charge in [-0.05, 0) is 24.3 Å². The van der Waals surface area contributed by atoms with Crippen molar-refractivity contribution in [1.82, 2.24) is 0 Å². The fourth-order valence-electron chi connectivity index (χ4n) is 6.31. The van der Waals surface area contributed by atoms with Gasteiger partial charge in [0.05, 0.1) is 5.92 Å². The zero-order valence-corrected chi connectivity index (χ0v) is 25.3. The Morgan fingerprint density at radius 1 is 0.625 bits per heavy atom. The monoisotopic (exact) mass is 662 g/mol. The van der Waals surface area contributed by atoms with Gasteiger partial charge in [0.25, 0.3) is 0 Å². The summed E-state index contributed by atoms with van der Waals surface area (Å²) in [5, 5.41) is 84.6. The van der Waals surface area contributed by atoms with Crippen molar-refractivity contribution in [2.24, 2.45) is 0 Å². The van der Waals surface area contributed by atoms with E-state index in [-0.39, 0.29) is 45.7 Å². The van der Waals surface area contributed by atoms with E-state index in [1.807, 2.05) is 0 Å². The van der Waals surface area contributed by atoms with Gasteiger partial charge in [0.15, 0.2) is 41.3 Å². The molecule has 4 aromatic rings. The van der Waals surface area contributed by atoms with Crippen molar-refractivity contribution < 1.29 is 69.4 Å². The van der Waals surface area contributed by atoms with E-state index in [1.54, 1.807) is 0 Å². The van der Waals surface area contributed by atoms with Crippen LogP contribution in [0.2, 0.25) is 0 Å². The molecule has 2 aliphatic heterocycles. The van der Waals surface area contributed by atoms with Gasteiger partial charge >= 0.3 is 11.9 Å². The molecule has 0 spiro atoms. The van der Waals surface area contributed by atoms with Crippen LogP contribution in [-0.2, 0) is 25.5 Å². The summed E-state index contributed by atoms with van der Waals surface area (Å²) in [7, 11) is 0. The normalized spacial score (nSPS) is 21.2. The van der Waals surface area contributed by atoms with Gasteiger partial charge in [0, 0.05) is 66.3 Å². The van der Waals surface area contributed by atoms with E-state index in [9.17, 15) is 50.4 Å². The van der Waals surface area contributed by atoms with Gasteiger partial charge in [-0.25, -0.2) is 0 Å². The van der Waals surface area contributed by atoms with Gasteiger partial charge in [0.2, 0.25) is 0 Å². The van der Waals surface area contributed by atoms with Gasteiger partial charge in [0.1, 0.15) is 40.6 Å². The van der Waals surface area contributed by atoms with Crippen molar-refractivity contribution in [3.63, 3.8) is 0 Å². The maximum atomic E-state index is 12.6. The maximum Gasteiger partial charge on any atom is 0.303 e. The second-order valence-electron chi connectivity index (χ2n) is 11.5. The van der Waals surface area contributed by atoms with Crippen LogP contribution in [0.1, 0.15) is 59.8 Å². The molecule has 0 unspecified atom stereocenters. The number of phenolic OH excluding ortho intramolecular Hbond substituents is 8. The molecule has 2 aliphatic rings. The first-order valence-electron chi connectivity index (χ1n) is 14.6. The van der Waals surface area contributed by atoms with Crippen LogP contribution in [0.15, 0.2) is 54.6 Å².